The number of carbonyl (C=O) groups is 1. The summed E-state index contributed by atoms with van der Waals surface area (Å²) in [6.45, 7) is 5.80. The number of hydrogen-bond acceptors (Lipinski definition) is 5. The van der Waals surface area contributed by atoms with E-state index in [1.54, 1.807) is 14.2 Å². The van der Waals surface area contributed by atoms with Crippen molar-refractivity contribution in [3.05, 3.63) is 40.6 Å². The molecule has 22 heavy (non-hydrogen) atoms. The van der Waals surface area contributed by atoms with Crippen molar-refractivity contribution in [3.63, 3.8) is 0 Å². The summed E-state index contributed by atoms with van der Waals surface area (Å²) in [5, 5.41) is 6.81. The summed E-state index contributed by atoms with van der Waals surface area (Å²) in [6.07, 6.45) is 0. The first-order valence-electron chi connectivity index (χ1n) is 7.07. The number of benzene rings is 1. The topological polar surface area (TPSA) is 63.2 Å². The summed E-state index contributed by atoms with van der Waals surface area (Å²) in [7, 11) is 3.42. The predicted molar refractivity (Wildman–Crippen MR) is 90.0 cm³/mol. The molecular formula is C16H21N3O2S. The van der Waals surface area contributed by atoms with Crippen LogP contribution in [-0.2, 0) is 0 Å². The fourth-order valence-electron chi connectivity index (χ4n) is 2.35. The molecule has 0 saturated carbocycles. The molecule has 1 aromatic heterocycles. The highest BCUT2D eigenvalue weighted by atomic mass is 32.1. The highest BCUT2D eigenvalue weighted by molar-refractivity contribution is 7.10. The van der Waals surface area contributed by atoms with Gasteiger partial charge in [-0.15, -0.1) is 0 Å². The maximum absolute atomic E-state index is 12.5. The smallest absolute Gasteiger partial charge is 0.256 e. The summed E-state index contributed by atoms with van der Waals surface area (Å²) in [6, 6.07) is 5.78. The number of carbonyl (C=O) groups excluding carboxylic acids is 1. The lowest BCUT2D eigenvalue weighted by atomic mass is 10.0. The van der Waals surface area contributed by atoms with Crippen LogP contribution in [0.4, 0.5) is 5.00 Å². The van der Waals surface area contributed by atoms with Crippen molar-refractivity contribution in [2.45, 2.75) is 26.8 Å². The fourth-order valence-corrected chi connectivity index (χ4v) is 3.09. The van der Waals surface area contributed by atoms with Crippen molar-refractivity contribution in [1.82, 2.24) is 9.69 Å². The van der Waals surface area contributed by atoms with Gasteiger partial charge in [0, 0.05) is 12.6 Å². The zero-order valence-corrected chi connectivity index (χ0v) is 14.3. The van der Waals surface area contributed by atoms with E-state index in [2.05, 4.69) is 15.0 Å². The largest absolute Gasteiger partial charge is 0.496 e. The Morgan fingerprint density at radius 3 is 2.73 bits per heavy atom. The molecule has 0 saturated heterocycles. The number of aromatic nitrogens is 1. The van der Waals surface area contributed by atoms with Gasteiger partial charge in [0.2, 0.25) is 0 Å². The second kappa shape index (κ2) is 6.79. The van der Waals surface area contributed by atoms with Crippen LogP contribution in [0.2, 0.25) is 0 Å². The fraction of sp³-hybridized carbons (Fsp3) is 0.375. The number of hydrogen-bond donors (Lipinski definition) is 2. The molecule has 0 radical (unpaired) electrons. The lowest BCUT2D eigenvalue weighted by Gasteiger charge is -2.18. The molecule has 1 heterocycles. The lowest BCUT2D eigenvalue weighted by Crippen LogP contribution is -2.27. The normalized spacial score (nSPS) is 11.9. The summed E-state index contributed by atoms with van der Waals surface area (Å²) >= 11 is 1.29. The van der Waals surface area contributed by atoms with Crippen molar-refractivity contribution in [2.75, 3.05) is 19.5 Å². The SMILES string of the molecule is CNc1snc(C)c1C(=O)N[C@H](C)c1cc(C)ccc1OC. The van der Waals surface area contributed by atoms with E-state index in [1.807, 2.05) is 39.0 Å². The van der Waals surface area contributed by atoms with Crippen molar-refractivity contribution in [2.24, 2.45) is 0 Å². The van der Waals surface area contributed by atoms with Crippen LogP contribution >= 0.6 is 11.5 Å². The van der Waals surface area contributed by atoms with Gasteiger partial charge in [-0.2, -0.15) is 4.37 Å². The van der Waals surface area contributed by atoms with Crippen LogP contribution < -0.4 is 15.4 Å². The summed E-state index contributed by atoms with van der Waals surface area (Å²) in [5.41, 5.74) is 3.42. The number of methoxy groups -OCH3 is 1. The highest BCUT2D eigenvalue weighted by Crippen LogP contribution is 2.28. The number of nitrogens with one attached hydrogen (secondary N) is 2. The van der Waals surface area contributed by atoms with Crippen LogP contribution in [0.25, 0.3) is 0 Å². The third-order valence-electron chi connectivity index (χ3n) is 3.52. The van der Waals surface area contributed by atoms with Gasteiger partial charge in [0.05, 0.1) is 24.4 Å². The molecule has 2 aromatic rings. The van der Waals surface area contributed by atoms with Gasteiger partial charge in [0.25, 0.3) is 5.91 Å². The van der Waals surface area contributed by atoms with Crippen molar-refractivity contribution >= 4 is 22.4 Å². The molecule has 0 aliphatic rings. The van der Waals surface area contributed by atoms with E-state index < -0.39 is 0 Å². The van der Waals surface area contributed by atoms with Crippen LogP contribution in [0, 0.1) is 13.8 Å². The molecule has 5 nitrogen and oxygen atoms in total. The minimum absolute atomic E-state index is 0.133. The average Bonchev–Trinajstić information content (AvgIpc) is 2.88. The van der Waals surface area contributed by atoms with Gasteiger partial charge < -0.3 is 15.4 Å². The second-order valence-corrected chi connectivity index (χ2v) is 5.94. The lowest BCUT2D eigenvalue weighted by molar-refractivity contribution is 0.0940. The van der Waals surface area contributed by atoms with Gasteiger partial charge in [-0.25, -0.2) is 0 Å². The van der Waals surface area contributed by atoms with E-state index >= 15 is 0 Å². The number of amides is 1. The molecule has 0 fully saturated rings. The minimum Gasteiger partial charge on any atom is -0.496 e. The Balaban J connectivity index is 2.25. The Morgan fingerprint density at radius 1 is 1.36 bits per heavy atom. The van der Waals surface area contributed by atoms with Gasteiger partial charge in [-0.1, -0.05) is 17.7 Å². The minimum atomic E-state index is -0.161. The number of rotatable bonds is 5. The molecule has 2 N–H and O–H groups in total. The molecule has 2 rings (SSSR count). The summed E-state index contributed by atoms with van der Waals surface area (Å²) < 4.78 is 9.62. The van der Waals surface area contributed by atoms with E-state index in [-0.39, 0.29) is 11.9 Å². The number of ether oxygens (including phenoxy) is 1. The van der Waals surface area contributed by atoms with E-state index in [1.165, 1.54) is 11.5 Å². The molecule has 0 spiro atoms. The molecular weight excluding hydrogens is 298 g/mol. The van der Waals surface area contributed by atoms with E-state index in [4.69, 9.17) is 4.74 Å². The zero-order chi connectivity index (χ0) is 16.3. The van der Waals surface area contributed by atoms with Gasteiger partial charge in [-0.05, 0) is 38.4 Å². The first kappa shape index (κ1) is 16.3. The van der Waals surface area contributed by atoms with Gasteiger partial charge in [0.1, 0.15) is 10.8 Å². The first-order valence-corrected chi connectivity index (χ1v) is 7.84. The zero-order valence-electron chi connectivity index (χ0n) is 13.5. The molecule has 0 bridgehead atoms. The van der Waals surface area contributed by atoms with Crippen LogP contribution in [-0.4, -0.2) is 24.4 Å². The Morgan fingerprint density at radius 2 is 2.09 bits per heavy atom. The Hall–Kier alpha value is -2.08. The molecule has 1 amide bonds. The molecule has 6 heteroatoms. The number of nitrogens with zero attached hydrogens (tertiary/aromatic N) is 1. The van der Waals surface area contributed by atoms with Crippen molar-refractivity contribution in [3.8, 4) is 5.75 Å². The van der Waals surface area contributed by atoms with Crippen LogP contribution in [0.3, 0.4) is 0 Å². The number of aryl methyl sites for hydroxylation is 2. The molecule has 0 aliphatic heterocycles. The maximum Gasteiger partial charge on any atom is 0.256 e. The van der Waals surface area contributed by atoms with Crippen LogP contribution in [0.1, 0.15) is 40.1 Å². The van der Waals surface area contributed by atoms with Crippen molar-refractivity contribution < 1.29 is 9.53 Å². The molecule has 0 unspecified atom stereocenters. The first-order chi connectivity index (χ1) is 10.5. The van der Waals surface area contributed by atoms with E-state index in [0.29, 0.717) is 5.56 Å². The van der Waals surface area contributed by atoms with Crippen LogP contribution in [0.5, 0.6) is 5.75 Å². The van der Waals surface area contributed by atoms with Gasteiger partial charge >= 0.3 is 0 Å². The highest BCUT2D eigenvalue weighted by Gasteiger charge is 2.21. The molecule has 0 aliphatic carbocycles. The Bertz CT molecular complexity index is 682. The quantitative estimate of drug-likeness (QED) is 0.887. The summed E-state index contributed by atoms with van der Waals surface area (Å²) in [5.74, 6) is 0.638. The molecule has 118 valence electrons. The third-order valence-corrected chi connectivity index (χ3v) is 4.47. The second-order valence-electron chi connectivity index (χ2n) is 5.16. The number of anilines is 1. The van der Waals surface area contributed by atoms with Crippen molar-refractivity contribution in [1.29, 1.82) is 0 Å². The van der Waals surface area contributed by atoms with E-state index in [9.17, 15) is 4.79 Å². The molecule has 1 atom stereocenters. The van der Waals surface area contributed by atoms with E-state index in [0.717, 1.165) is 27.6 Å². The monoisotopic (exact) mass is 319 g/mol. The third kappa shape index (κ3) is 3.22. The Kier molecular flexibility index (Phi) is 5.03. The molecule has 1 aromatic carbocycles. The summed E-state index contributed by atoms with van der Waals surface area (Å²) in [4.78, 5) is 12.5. The predicted octanol–water partition coefficient (Wildman–Crippen LogP) is 3.30. The maximum atomic E-state index is 12.5. The van der Waals surface area contributed by atoms with Gasteiger partial charge in [0.15, 0.2) is 0 Å². The Labute approximate surface area is 134 Å². The standard InChI is InChI=1S/C16H21N3O2S/c1-9-6-7-13(21-5)12(8-9)10(2)18-15(20)14-11(3)19-22-16(14)17-4/h6-8,10,17H,1-5H3,(H,18,20)/t10-/m1/s1. The van der Waals surface area contributed by atoms with Crippen LogP contribution in [0.15, 0.2) is 18.2 Å². The average molecular weight is 319 g/mol. The van der Waals surface area contributed by atoms with Gasteiger partial charge in [-0.3, -0.25) is 4.79 Å².